The van der Waals surface area contributed by atoms with Gasteiger partial charge in [0.25, 0.3) is 0 Å². The van der Waals surface area contributed by atoms with E-state index in [9.17, 15) is 10.1 Å². The molecule has 1 fully saturated rings. The zero-order valence-corrected chi connectivity index (χ0v) is 23.1. The van der Waals surface area contributed by atoms with E-state index in [0.29, 0.717) is 25.2 Å². The van der Waals surface area contributed by atoms with E-state index in [-0.39, 0.29) is 12.0 Å². The van der Waals surface area contributed by atoms with Gasteiger partial charge in [0.1, 0.15) is 5.60 Å². The molecule has 1 saturated heterocycles. The average molecular weight is 534 g/mol. The van der Waals surface area contributed by atoms with Crippen LogP contribution in [0, 0.1) is 17.2 Å². The number of rotatable bonds is 4. The molecule has 40 heavy (non-hydrogen) atoms. The molecule has 1 aliphatic rings. The summed E-state index contributed by atoms with van der Waals surface area (Å²) in [6.07, 6.45) is 6.41. The minimum Gasteiger partial charge on any atom is -0.444 e. The van der Waals surface area contributed by atoms with Crippen LogP contribution < -0.4 is 0 Å². The minimum atomic E-state index is -0.514. The van der Waals surface area contributed by atoms with Crippen molar-refractivity contribution < 1.29 is 9.53 Å². The van der Waals surface area contributed by atoms with Gasteiger partial charge in [-0.25, -0.2) is 4.79 Å². The summed E-state index contributed by atoms with van der Waals surface area (Å²) in [7, 11) is 1.91. The maximum atomic E-state index is 12.6. The number of amides is 1. The SMILES string of the molecule is Cn1cc2cc(-c3ncc4c(cnn4C[C@@H]4CCN(C(=O)OC(C)(C)C)C4)c3-c3ccc(C#N)cc3)ccc2n1. The molecular weight excluding hydrogens is 502 g/mol. The number of aryl methyl sites for hydroxylation is 1. The number of carbonyl (C=O) groups excluding carboxylic acids is 1. The van der Waals surface area contributed by atoms with Gasteiger partial charge >= 0.3 is 6.09 Å². The first-order valence-corrected chi connectivity index (χ1v) is 13.5. The fourth-order valence-corrected chi connectivity index (χ4v) is 5.42. The highest BCUT2D eigenvalue weighted by molar-refractivity contribution is 6.02. The first kappa shape index (κ1) is 25.6. The van der Waals surface area contributed by atoms with Crippen molar-refractivity contribution in [3.05, 3.63) is 66.6 Å². The first-order chi connectivity index (χ1) is 19.2. The van der Waals surface area contributed by atoms with Crippen molar-refractivity contribution in [1.29, 1.82) is 5.26 Å². The Labute approximate surface area is 232 Å². The third-order valence-electron chi connectivity index (χ3n) is 7.27. The molecule has 0 aliphatic carbocycles. The molecule has 0 N–H and O–H groups in total. The van der Waals surface area contributed by atoms with Gasteiger partial charge < -0.3 is 9.64 Å². The van der Waals surface area contributed by atoms with Crippen LogP contribution in [-0.4, -0.2) is 54.2 Å². The zero-order chi connectivity index (χ0) is 28.0. The molecule has 1 amide bonds. The highest BCUT2D eigenvalue weighted by atomic mass is 16.6. The number of aromatic nitrogens is 5. The van der Waals surface area contributed by atoms with E-state index in [0.717, 1.165) is 50.6 Å². The monoisotopic (exact) mass is 533 g/mol. The number of nitriles is 1. The van der Waals surface area contributed by atoms with Gasteiger partial charge in [0.15, 0.2) is 0 Å². The average Bonchev–Trinajstić information content (AvgIpc) is 3.65. The molecule has 2 aromatic carbocycles. The summed E-state index contributed by atoms with van der Waals surface area (Å²) in [6.45, 7) is 7.64. The normalized spacial score (nSPS) is 15.6. The fourth-order valence-electron chi connectivity index (χ4n) is 5.42. The van der Waals surface area contributed by atoms with Gasteiger partial charge in [-0.2, -0.15) is 15.5 Å². The van der Waals surface area contributed by atoms with Crippen molar-refractivity contribution in [2.45, 2.75) is 39.3 Å². The Morgan fingerprint density at radius 3 is 2.65 bits per heavy atom. The molecule has 1 aliphatic heterocycles. The van der Waals surface area contributed by atoms with Gasteiger partial charge in [-0.15, -0.1) is 0 Å². The van der Waals surface area contributed by atoms with Gasteiger partial charge in [-0.1, -0.05) is 18.2 Å². The number of carbonyl (C=O) groups is 1. The molecule has 0 saturated carbocycles. The first-order valence-electron chi connectivity index (χ1n) is 13.5. The van der Waals surface area contributed by atoms with Crippen LogP contribution in [0.2, 0.25) is 0 Å². The summed E-state index contributed by atoms with van der Waals surface area (Å²) < 4.78 is 9.37. The van der Waals surface area contributed by atoms with E-state index in [1.165, 1.54) is 0 Å². The minimum absolute atomic E-state index is 0.264. The molecule has 3 aromatic heterocycles. The maximum Gasteiger partial charge on any atom is 0.410 e. The van der Waals surface area contributed by atoms with Gasteiger partial charge in [-0.05, 0) is 62.9 Å². The molecule has 5 aromatic rings. The summed E-state index contributed by atoms with van der Waals surface area (Å²) in [5.74, 6) is 0.265. The number of pyridine rings is 1. The molecule has 1 atom stereocenters. The van der Waals surface area contributed by atoms with Crippen molar-refractivity contribution in [3.8, 4) is 28.5 Å². The Bertz CT molecular complexity index is 1770. The quantitative estimate of drug-likeness (QED) is 0.290. The second-order valence-electron chi connectivity index (χ2n) is 11.5. The summed E-state index contributed by atoms with van der Waals surface area (Å²) >= 11 is 0. The standard InChI is InChI=1S/C31H31N7O2/c1-31(2,3)40-30(39)37-12-11-21(17-37)18-38-27-16-33-29(23-9-10-26-24(13-23)19-36(4)35-26)28(25(27)15-34-38)22-7-5-20(14-32)6-8-22/h5-10,13,15-16,19,21H,11-12,17-18H2,1-4H3/t21-/m1/s1. The molecular formula is C31H31N7O2. The Kier molecular flexibility index (Phi) is 6.26. The topological polar surface area (TPSA) is 102 Å². The van der Waals surface area contributed by atoms with Crippen LogP contribution >= 0.6 is 0 Å². The van der Waals surface area contributed by atoms with Crippen LogP contribution in [0.4, 0.5) is 4.79 Å². The second kappa shape index (κ2) is 9.79. The second-order valence-corrected chi connectivity index (χ2v) is 11.5. The summed E-state index contributed by atoms with van der Waals surface area (Å²) in [5.41, 5.74) is 5.72. The van der Waals surface area contributed by atoms with Crippen LogP contribution in [0.3, 0.4) is 0 Å². The van der Waals surface area contributed by atoms with E-state index in [2.05, 4.69) is 17.2 Å². The fraction of sp³-hybridized carbons (Fsp3) is 0.323. The Hall–Kier alpha value is -4.71. The highest BCUT2D eigenvalue weighted by Crippen LogP contribution is 2.38. The lowest BCUT2D eigenvalue weighted by atomic mass is 9.95. The Morgan fingerprint density at radius 2 is 1.90 bits per heavy atom. The maximum absolute atomic E-state index is 12.6. The molecule has 0 bridgehead atoms. The van der Waals surface area contributed by atoms with Crippen LogP contribution in [0.25, 0.3) is 44.2 Å². The molecule has 9 heteroatoms. The molecule has 6 rings (SSSR count). The predicted octanol–water partition coefficient (Wildman–Crippen LogP) is 5.78. The number of hydrogen-bond acceptors (Lipinski definition) is 6. The number of likely N-dealkylation sites (tertiary alicyclic amines) is 1. The number of ether oxygens (including phenoxy) is 1. The van der Waals surface area contributed by atoms with E-state index < -0.39 is 5.60 Å². The van der Waals surface area contributed by atoms with Crippen LogP contribution in [0.5, 0.6) is 0 Å². The van der Waals surface area contributed by atoms with Gasteiger partial charge in [0.2, 0.25) is 0 Å². The zero-order valence-electron chi connectivity index (χ0n) is 23.1. The van der Waals surface area contributed by atoms with Crippen LogP contribution in [0.1, 0.15) is 32.8 Å². The summed E-state index contributed by atoms with van der Waals surface area (Å²) in [6, 6.07) is 16.0. The molecule has 4 heterocycles. The van der Waals surface area contributed by atoms with Gasteiger partial charge in [0, 0.05) is 54.8 Å². The number of benzene rings is 2. The molecule has 0 spiro atoms. The van der Waals surface area contributed by atoms with E-state index in [4.69, 9.17) is 14.8 Å². The highest BCUT2D eigenvalue weighted by Gasteiger charge is 2.30. The third kappa shape index (κ3) is 4.89. The summed E-state index contributed by atoms with van der Waals surface area (Å²) in [4.78, 5) is 19.3. The largest absolute Gasteiger partial charge is 0.444 e. The Balaban J connectivity index is 1.37. The van der Waals surface area contributed by atoms with E-state index >= 15 is 0 Å². The summed E-state index contributed by atoms with van der Waals surface area (Å²) in [5, 5.41) is 20.6. The smallest absolute Gasteiger partial charge is 0.410 e. The van der Waals surface area contributed by atoms with Crippen molar-refractivity contribution in [3.63, 3.8) is 0 Å². The van der Waals surface area contributed by atoms with Gasteiger partial charge in [0.05, 0.1) is 40.8 Å². The molecule has 0 unspecified atom stereocenters. The van der Waals surface area contributed by atoms with Crippen molar-refractivity contribution in [2.75, 3.05) is 13.1 Å². The lowest BCUT2D eigenvalue weighted by molar-refractivity contribution is 0.0287. The van der Waals surface area contributed by atoms with E-state index in [1.54, 1.807) is 4.90 Å². The van der Waals surface area contributed by atoms with Crippen molar-refractivity contribution in [1.82, 2.24) is 29.4 Å². The number of fused-ring (bicyclic) bond motifs is 2. The lowest BCUT2D eigenvalue weighted by Gasteiger charge is -2.24. The van der Waals surface area contributed by atoms with Crippen LogP contribution in [0.15, 0.2) is 61.1 Å². The number of hydrogen-bond donors (Lipinski definition) is 0. The van der Waals surface area contributed by atoms with Crippen LogP contribution in [-0.2, 0) is 18.3 Å². The van der Waals surface area contributed by atoms with E-state index in [1.807, 2.05) is 92.2 Å². The molecule has 0 radical (unpaired) electrons. The van der Waals surface area contributed by atoms with Crippen molar-refractivity contribution in [2.24, 2.45) is 13.0 Å². The molecule has 9 nitrogen and oxygen atoms in total. The number of nitrogens with zero attached hydrogens (tertiary/aromatic N) is 7. The molecule has 202 valence electrons. The predicted molar refractivity (Wildman–Crippen MR) is 153 cm³/mol. The third-order valence-corrected chi connectivity index (χ3v) is 7.27. The van der Waals surface area contributed by atoms with Gasteiger partial charge in [-0.3, -0.25) is 14.3 Å². The Morgan fingerprint density at radius 1 is 1.12 bits per heavy atom. The van der Waals surface area contributed by atoms with Crippen molar-refractivity contribution >= 4 is 27.9 Å². The lowest BCUT2D eigenvalue weighted by Crippen LogP contribution is -2.35.